The number of halogens is 1. The molecule has 132 valence electrons. The second kappa shape index (κ2) is 7.48. The molecule has 0 N–H and O–H groups in total. The number of aromatic nitrogens is 1. The Labute approximate surface area is 161 Å². The van der Waals surface area contributed by atoms with Crippen LogP contribution in [0.4, 0.5) is 0 Å². The van der Waals surface area contributed by atoms with Gasteiger partial charge >= 0.3 is 0 Å². The Bertz CT molecular complexity index is 968. The van der Waals surface area contributed by atoms with Crippen LogP contribution in [0.1, 0.15) is 17.5 Å². The van der Waals surface area contributed by atoms with Gasteiger partial charge in [0.2, 0.25) is 6.79 Å². The Morgan fingerprint density at radius 1 is 1.19 bits per heavy atom. The van der Waals surface area contributed by atoms with E-state index in [9.17, 15) is 0 Å². The van der Waals surface area contributed by atoms with Crippen molar-refractivity contribution < 1.29 is 9.47 Å². The van der Waals surface area contributed by atoms with Crippen LogP contribution < -0.4 is 9.47 Å². The SMILES string of the molecule is CC(Cc1ccc2c(c1)OCO2)=NCc1nc(-c2cccc(Cl)c2)cs1. The molecule has 0 atom stereocenters. The van der Waals surface area contributed by atoms with Gasteiger partial charge in [-0.1, -0.05) is 29.8 Å². The van der Waals surface area contributed by atoms with Crippen LogP contribution in [-0.4, -0.2) is 17.5 Å². The fraction of sp³-hybridized carbons (Fsp3) is 0.200. The van der Waals surface area contributed by atoms with Gasteiger partial charge in [-0.3, -0.25) is 4.99 Å². The first-order valence-electron chi connectivity index (χ1n) is 8.26. The molecular formula is C20H17ClN2O2S. The van der Waals surface area contributed by atoms with Crippen molar-refractivity contribution in [1.82, 2.24) is 4.98 Å². The number of hydrogen-bond acceptors (Lipinski definition) is 5. The number of hydrogen-bond donors (Lipinski definition) is 0. The lowest BCUT2D eigenvalue weighted by atomic mass is 10.1. The molecular weight excluding hydrogens is 368 g/mol. The molecule has 1 aliphatic rings. The summed E-state index contributed by atoms with van der Waals surface area (Å²) in [5, 5.41) is 3.75. The summed E-state index contributed by atoms with van der Waals surface area (Å²) in [6.45, 7) is 2.92. The molecule has 2 aromatic carbocycles. The lowest BCUT2D eigenvalue weighted by Gasteiger charge is -2.03. The van der Waals surface area contributed by atoms with Crippen molar-refractivity contribution in [3.63, 3.8) is 0 Å². The highest BCUT2D eigenvalue weighted by Crippen LogP contribution is 2.32. The van der Waals surface area contributed by atoms with E-state index in [0.29, 0.717) is 13.3 Å². The molecule has 26 heavy (non-hydrogen) atoms. The van der Waals surface area contributed by atoms with Gasteiger partial charge in [-0.15, -0.1) is 11.3 Å². The van der Waals surface area contributed by atoms with E-state index in [-0.39, 0.29) is 0 Å². The van der Waals surface area contributed by atoms with E-state index in [0.717, 1.165) is 50.5 Å². The Morgan fingerprint density at radius 2 is 2.08 bits per heavy atom. The summed E-state index contributed by atoms with van der Waals surface area (Å²) in [6, 6.07) is 13.7. The van der Waals surface area contributed by atoms with Gasteiger partial charge in [0, 0.05) is 28.1 Å². The highest BCUT2D eigenvalue weighted by molar-refractivity contribution is 7.09. The third-order valence-electron chi connectivity index (χ3n) is 4.05. The van der Waals surface area contributed by atoms with Crippen LogP contribution in [0.3, 0.4) is 0 Å². The van der Waals surface area contributed by atoms with Crippen molar-refractivity contribution >= 4 is 28.6 Å². The highest BCUT2D eigenvalue weighted by atomic mass is 35.5. The Morgan fingerprint density at radius 3 is 2.96 bits per heavy atom. The van der Waals surface area contributed by atoms with Crippen molar-refractivity contribution in [2.75, 3.05) is 6.79 Å². The van der Waals surface area contributed by atoms with E-state index in [1.165, 1.54) is 0 Å². The van der Waals surface area contributed by atoms with Gasteiger partial charge < -0.3 is 9.47 Å². The second-order valence-electron chi connectivity index (χ2n) is 6.05. The molecule has 0 radical (unpaired) electrons. The number of fused-ring (bicyclic) bond motifs is 1. The summed E-state index contributed by atoms with van der Waals surface area (Å²) in [6.07, 6.45) is 0.781. The van der Waals surface area contributed by atoms with E-state index in [1.54, 1.807) is 11.3 Å². The van der Waals surface area contributed by atoms with Crippen LogP contribution in [0.5, 0.6) is 11.5 Å². The molecule has 0 bridgehead atoms. The lowest BCUT2D eigenvalue weighted by Crippen LogP contribution is -1.98. The number of benzene rings is 2. The molecule has 0 saturated carbocycles. The van der Waals surface area contributed by atoms with Crippen LogP contribution in [0.2, 0.25) is 5.02 Å². The molecule has 2 heterocycles. The van der Waals surface area contributed by atoms with Gasteiger partial charge in [0.25, 0.3) is 0 Å². The summed E-state index contributed by atoms with van der Waals surface area (Å²) < 4.78 is 10.8. The summed E-state index contributed by atoms with van der Waals surface area (Å²) in [5.74, 6) is 1.61. The molecule has 3 aromatic rings. The summed E-state index contributed by atoms with van der Waals surface area (Å²) in [7, 11) is 0. The van der Waals surface area contributed by atoms with Gasteiger partial charge in [0.1, 0.15) is 5.01 Å². The number of aliphatic imine (C=N–C) groups is 1. The van der Waals surface area contributed by atoms with E-state index >= 15 is 0 Å². The summed E-state index contributed by atoms with van der Waals surface area (Å²) in [4.78, 5) is 9.34. The zero-order valence-electron chi connectivity index (χ0n) is 14.2. The minimum atomic E-state index is 0.296. The van der Waals surface area contributed by atoms with Gasteiger partial charge in [-0.25, -0.2) is 4.98 Å². The molecule has 0 amide bonds. The van der Waals surface area contributed by atoms with Crippen molar-refractivity contribution in [3.05, 3.63) is 63.4 Å². The fourth-order valence-electron chi connectivity index (χ4n) is 2.77. The smallest absolute Gasteiger partial charge is 0.231 e. The van der Waals surface area contributed by atoms with E-state index in [1.807, 2.05) is 54.8 Å². The monoisotopic (exact) mass is 384 g/mol. The molecule has 6 heteroatoms. The maximum absolute atomic E-state index is 6.05. The fourth-order valence-corrected chi connectivity index (χ4v) is 3.69. The first kappa shape index (κ1) is 17.1. The van der Waals surface area contributed by atoms with Crippen LogP contribution >= 0.6 is 22.9 Å². The van der Waals surface area contributed by atoms with Crippen molar-refractivity contribution in [3.8, 4) is 22.8 Å². The van der Waals surface area contributed by atoms with Crippen molar-refractivity contribution in [1.29, 1.82) is 0 Å². The van der Waals surface area contributed by atoms with E-state index in [4.69, 9.17) is 21.1 Å². The third-order valence-corrected chi connectivity index (χ3v) is 5.12. The molecule has 4 rings (SSSR count). The molecule has 1 aromatic heterocycles. The van der Waals surface area contributed by atoms with E-state index < -0.39 is 0 Å². The molecule has 0 spiro atoms. The van der Waals surface area contributed by atoms with Crippen molar-refractivity contribution in [2.45, 2.75) is 19.9 Å². The zero-order valence-corrected chi connectivity index (χ0v) is 15.8. The summed E-state index contributed by atoms with van der Waals surface area (Å²) >= 11 is 7.67. The van der Waals surface area contributed by atoms with Crippen LogP contribution in [0.25, 0.3) is 11.3 Å². The molecule has 1 aliphatic heterocycles. The molecule has 0 fully saturated rings. The van der Waals surface area contributed by atoms with Gasteiger partial charge in [-0.2, -0.15) is 0 Å². The molecule has 0 saturated heterocycles. The minimum absolute atomic E-state index is 0.296. The lowest BCUT2D eigenvalue weighted by molar-refractivity contribution is 0.174. The quantitative estimate of drug-likeness (QED) is 0.553. The number of nitrogens with zero attached hydrogens (tertiary/aromatic N) is 2. The van der Waals surface area contributed by atoms with Crippen LogP contribution in [0.15, 0.2) is 52.8 Å². The Balaban J connectivity index is 1.41. The number of rotatable bonds is 5. The first-order chi connectivity index (χ1) is 12.7. The predicted molar refractivity (Wildman–Crippen MR) is 106 cm³/mol. The summed E-state index contributed by atoms with van der Waals surface area (Å²) in [5.41, 5.74) is 4.19. The van der Waals surface area contributed by atoms with Crippen LogP contribution in [0, 0.1) is 0 Å². The minimum Gasteiger partial charge on any atom is -0.454 e. The Hall–Kier alpha value is -2.37. The standard InChI is InChI=1S/C20H17ClN2O2S/c1-13(7-14-5-6-18-19(8-14)25-12-24-18)22-10-20-23-17(11-26-20)15-3-2-4-16(21)9-15/h2-6,8-9,11H,7,10,12H2,1H3. The first-order valence-corrected chi connectivity index (χ1v) is 9.52. The van der Waals surface area contributed by atoms with Crippen molar-refractivity contribution in [2.24, 2.45) is 4.99 Å². The third kappa shape index (κ3) is 3.89. The van der Waals surface area contributed by atoms with E-state index in [2.05, 4.69) is 9.98 Å². The Kier molecular flexibility index (Phi) is 4.91. The zero-order chi connectivity index (χ0) is 17.9. The van der Waals surface area contributed by atoms with Gasteiger partial charge in [-0.05, 0) is 36.8 Å². The maximum Gasteiger partial charge on any atom is 0.231 e. The molecule has 0 aliphatic carbocycles. The van der Waals surface area contributed by atoms with Gasteiger partial charge in [0.15, 0.2) is 11.5 Å². The molecule has 4 nitrogen and oxygen atoms in total. The van der Waals surface area contributed by atoms with Crippen LogP contribution in [-0.2, 0) is 13.0 Å². The highest BCUT2D eigenvalue weighted by Gasteiger charge is 2.13. The number of ether oxygens (including phenoxy) is 2. The van der Waals surface area contributed by atoms with Gasteiger partial charge in [0.05, 0.1) is 12.2 Å². The maximum atomic E-state index is 6.05. The average Bonchev–Trinajstić information content (AvgIpc) is 3.29. The average molecular weight is 385 g/mol. The predicted octanol–water partition coefficient (Wildman–Crippen LogP) is 5.40. The topological polar surface area (TPSA) is 43.7 Å². The largest absolute Gasteiger partial charge is 0.454 e. The normalized spacial score (nSPS) is 13.2. The molecule has 0 unspecified atom stereocenters. The number of thiazole rings is 1. The second-order valence-corrected chi connectivity index (χ2v) is 7.43.